The zero-order valence-corrected chi connectivity index (χ0v) is 7.60. The summed E-state index contributed by atoms with van der Waals surface area (Å²) in [6.45, 7) is 3.36. The second-order valence-electron chi connectivity index (χ2n) is 2.32. The predicted molar refractivity (Wildman–Crippen MR) is 44.0 cm³/mol. The van der Waals surface area contributed by atoms with E-state index in [1.165, 1.54) is 12.5 Å². The number of aryl methyl sites for hydroxylation is 2. The second kappa shape index (κ2) is 4.31. The highest BCUT2D eigenvalue weighted by Gasteiger charge is 1.99. The lowest BCUT2D eigenvalue weighted by Crippen LogP contribution is -1.85. The molecule has 0 unspecified atom stereocenters. The first-order chi connectivity index (χ1) is 6.59. The van der Waals surface area contributed by atoms with E-state index in [9.17, 15) is 9.59 Å². The molecule has 14 heavy (non-hydrogen) atoms. The van der Waals surface area contributed by atoms with Gasteiger partial charge >= 0.3 is 11.6 Å². The van der Waals surface area contributed by atoms with Crippen LogP contribution >= 0.6 is 0 Å². The number of hydrogen-bond donors (Lipinski definition) is 0. The molecule has 0 atom stereocenters. The van der Waals surface area contributed by atoms with E-state index in [1.807, 2.05) is 0 Å². The van der Waals surface area contributed by atoms with E-state index in [0.29, 0.717) is 11.5 Å². The summed E-state index contributed by atoms with van der Waals surface area (Å²) >= 11 is 0. The Labute approximate surface area is 77.7 Å². The normalized spacial score (nSPS) is 9.29. The summed E-state index contributed by atoms with van der Waals surface area (Å²) in [6, 6.07) is 0. The molecule has 0 bridgehead atoms. The highest BCUT2D eigenvalue weighted by molar-refractivity contribution is 4.95. The Morgan fingerprint density at radius 1 is 0.857 bits per heavy atom. The third kappa shape index (κ3) is 2.81. The Morgan fingerprint density at radius 3 is 1.43 bits per heavy atom. The molecule has 0 aromatic carbocycles. The minimum absolute atomic E-state index is 0.551. The third-order valence-corrected chi connectivity index (χ3v) is 1.35. The Bertz CT molecular complexity index is 443. The van der Waals surface area contributed by atoms with Crippen LogP contribution < -0.4 is 11.6 Å². The fourth-order valence-corrected chi connectivity index (χ4v) is 0.609. The van der Waals surface area contributed by atoms with E-state index in [1.54, 1.807) is 13.8 Å². The standard InChI is InChI=1S/C5H6O3.C3H2O3/c1-3-4(2)8-5(6)7-3;4-3-5-1-2-6-3/h1-2H3;1-2H. The van der Waals surface area contributed by atoms with Gasteiger partial charge in [0.05, 0.1) is 0 Å². The van der Waals surface area contributed by atoms with Gasteiger partial charge in [0.15, 0.2) is 0 Å². The average molecular weight is 200 g/mol. The van der Waals surface area contributed by atoms with Crippen molar-refractivity contribution in [3.05, 3.63) is 45.3 Å². The van der Waals surface area contributed by atoms with Gasteiger partial charge in [-0.2, -0.15) is 0 Å². The molecule has 2 aromatic heterocycles. The van der Waals surface area contributed by atoms with Gasteiger partial charge in [0.25, 0.3) is 0 Å². The van der Waals surface area contributed by atoms with Crippen molar-refractivity contribution in [3.8, 4) is 0 Å². The topological polar surface area (TPSA) is 86.7 Å². The van der Waals surface area contributed by atoms with Crippen molar-refractivity contribution in [2.45, 2.75) is 13.8 Å². The van der Waals surface area contributed by atoms with Gasteiger partial charge in [-0.15, -0.1) is 0 Å². The van der Waals surface area contributed by atoms with Gasteiger partial charge in [-0.05, 0) is 13.8 Å². The molecule has 76 valence electrons. The number of hydrogen-bond acceptors (Lipinski definition) is 6. The summed E-state index contributed by atoms with van der Waals surface area (Å²) in [7, 11) is 0. The molecule has 0 aliphatic carbocycles. The molecule has 6 nitrogen and oxygen atoms in total. The van der Waals surface area contributed by atoms with Crippen LogP contribution in [-0.2, 0) is 0 Å². The Balaban J connectivity index is 0.000000146. The lowest BCUT2D eigenvalue weighted by molar-refractivity contribution is 0.373. The zero-order valence-electron chi connectivity index (χ0n) is 7.60. The van der Waals surface area contributed by atoms with E-state index >= 15 is 0 Å². The van der Waals surface area contributed by atoms with Crippen LogP contribution in [0.2, 0.25) is 0 Å². The van der Waals surface area contributed by atoms with Gasteiger partial charge in [-0.3, -0.25) is 0 Å². The van der Waals surface area contributed by atoms with E-state index in [0.717, 1.165) is 0 Å². The molecule has 0 amide bonds. The minimum Gasteiger partial charge on any atom is -0.399 e. The molecule has 2 rings (SSSR count). The summed E-state index contributed by atoms with van der Waals surface area (Å²) < 4.78 is 17.2. The van der Waals surface area contributed by atoms with Crippen molar-refractivity contribution in [2.75, 3.05) is 0 Å². The maximum atomic E-state index is 10.2. The van der Waals surface area contributed by atoms with Crippen LogP contribution in [0.5, 0.6) is 0 Å². The van der Waals surface area contributed by atoms with E-state index in [2.05, 4.69) is 17.7 Å². The molecule has 0 saturated carbocycles. The van der Waals surface area contributed by atoms with E-state index in [-0.39, 0.29) is 0 Å². The van der Waals surface area contributed by atoms with Gasteiger partial charge in [-0.1, -0.05) is 0 Å². The first-order valence-corrected chi connectivity index (χ1v) is 3.69. The first-order valence-electron chi connectivity index (χ1n) is 3.69. The van der Waals surface area contributed by atoms with Crippen molar-refractivity contribution < 1.29 is 17.7 Å². The largest absolute Gasteiger partial charge is 0.518 e. The fraction of sp³-hybridized carbons (Fsp3) is 0.250. The molecule has 0 radical (unpaired) electrons. The SMILES string of the molecule is Cc1oc(=O)oc1C.O=c1occo1. The van der Waals surface area contributed by atoms with Gasteiger partial charge in [0, 0.05) is 0 Å². The quantitative estimate of drug-likeness (QED) is 0.632. The molecular formula is C8H8O6. The molecular weight excluding hydrogens is 192 g/mol. The smallest absolute Gasteiger partial charge is 0.399 e. The van der Waals surface area contributed by atoms with Crippen LogP contribution in [0.4, 0.5) is 0 Å². The van der Waals surface area contributed by atoms with Crippen LogP contribution in [0.25, 0.3) is 0 Å². The van der Waals surface area contributed by atoms with Crippen LogP contribution in [0.1, 0.15) is 11.5 Å². The van der Waals surface area contributed by atoms with Crippen molar-refractivity contribution >= 4 is 0 Å². The highest BCUT2D eigenvalue weighted by atomic mass is 16.6. The summed E-state index contributed by atoms with van der Waals surface area (Å²) in [4.78, 5) is 19.9. The van der Waals surface area contributed by atoms with Crippen molar-refractivity contribution in [3.63, 3.8) is 0 Å². The van der Waals surface area contributed by atoms with Crippen molar-refractivity contribution in [2.24, 2.45) is 0 Å². The fourth-order valence-electron chi connectivity index (χ4n) is 0.609. The zero-order chi connectivity index (χ0) is 10.6. The Morgan fingerprint density at radius 2 is 1.29 bits per heavy atom. The Hall–Kier alpha value is -1.98. The van der Waals surface area contributed by atoms with Crippen LogP contribution in [0.3, 0.4) is 0 Å². The lowest BCUT2D eigenvalue weighted by atomic mass is 10.4. The molecule has 2 heterocycles. The summed E-state index contributed by atoms with van der Waals surface area (Å²) in [5.41, 5.74) is 0. The van der Waals surface area contributed by atoms with Gasteiger partial charge in [0.1, 0.15) is 24.0 Å². The van der Waals surface area contributed by atoms with E-state index < -0.39 is 11.6 Å². The van der Waals surface area contributed by atoms with Gasteiger partial charge < -0.3 is 17.7 Å². The van der Waals surface area contributed by atoms with Gasteiger partial charge in [0.2, 0.25) is 0 Å². The highest BCUT2D eigenvalue weighted by Crippen LogP contribution is 1.99. The second-order valence-corrected chi connectivity index (χ2v) is 2.32. The Kier molecular flexibility index (Phi) is 3.11. The van der Waals surface area contributed by atoms with Gasteiger partial charge in [-0.25, -0.2) is 9.59 Å². The van der Waals surface area contributed by atoms with Crippen LogP contribution in [-0.4, -0.2) is 0 Å². The van der Waals surface area contributed by atoms with Crippen molar-refractivity contribution in [1.82, 2.24) is 0 Å². The summed E-state index contributed by atoms with van der Waals surface area (Å²) in [6.07, 6.45) is 2.37. The maximum Gasteiger partial charge on any atom is 0.518 e. The van der Waals surface area contributed by atoms with Crippen LogP contribution in [0, 0.1) is 13.8 Å². The predicted octanol–water partition coefficient (Wildman–Crippen LogP) is 1.08. The maximum absolute atomic E-state index is 10.2. The monoisotopic (exact) mass is 200 g/mol. The average Bonchev–Trinajstić information content (AvgIpc) is 2.65. The molecule has 0 saturated heterocycles. The lowest BCUT2D eigenvalue weighted by Gasteiger charge is -1.74. The molecule has 0 aliphatic heterocycles. The van der Waals surface area contributed by atoms with E-state index in [4.69, 9.17) is 0 Å². The molecule has 0 fully saturated rings. The van der Waals surface area contributed by atoms with Crippen LogP contribution in [0.15, 0.2) is 39.8 Å². The molecule has 2 aromatic rings. The minimum atomic E-state index is -0.657. The number of rotatable bonds is 0. The first kappa shape index (κ1) is 10.1. The van der Waals surface area contributed by atoms with Crippen molar-refractivity contribution in [1.29, 1.82) is 0 Å². The summed E-state index contributed by atoms with van der Waals surface area (Å²) in [5, 5.41) is 0. The molecule has 0 aliphatic rings. The molecule has 0 spiro atoms. The molecule has 6 heteroatoms. The summed E-state index contributed by atoms with van der Waals surface area (Å²) in [5.74, 6) is -0.181. The third-order valence-electron chi connectivity index (χ3n) is 1.35. The molecule has 0 N–H and O–H groups in total.